The summed E-state index contributed by atoms with van der Waals surface area (Å²) in [5.74, 6) is -0.338. The number of nitrogens with one attached hydrogen (secondary N) is 1. The van der Waals surface area contributed by atoms with E-state index in [0.29, 0.717) is 44.8 Å². The molecule has 3 rings (SSSR count). The van der Waals surface area contributed by atoms with Crippen LogP contribution in [-0.4, -0.2) is 60.6 Å². The summed E-state index contributed by atoms with van der Waals surface area (Å²) in [6.45, 7) is 2.29. The second-order valence-electron chi connectivity index (χ2n) is 6.61. The van der Waals surface area contributed by atoms with Crippen LogP contribution in [-0.2, 0) is 9.53 Å². The highest BCUT2D eigenvalue weighted by Gasteiger charge is 2.52. The number of likely N-dealkylation sites (tertiary alicyclic amines) is 2. The van der Waals surface area contributed by atoms with Crippen molar-refractivity contribution in [2.24, 2.45) is 0 Å². The lowest BCUT2D eigenvalue weighted by Crippen LogP contribution is -2.62. The monoisotopic (exact) mass is 349 g/mol. The van der Waals surface area contributed by atoms with E-state index in [1.165, 1.54) is 24.3 Å². The van der Waals surface area contributed by atoms with Gasteiger partial charge in [-0.2, -0.15) is 0 Å². The largest absolute Gasteiger partial charge is 0.383 e. The lowest BCUT2D eigenvalue weighted by Gasteiger charge is -2.44. The van der Waals surface area contributed by atoms with E-state index in [1.54, 1.807) is 16.9 Å². The summed E-state index contributed by atoms with van der Waals surface area (Å²) in [6.07, 6.45) is 3.05. The lowest BCUT2D eigenvalue weighted by molar-refractivity contribution is -0.146. The predicted molar refractivity (Wildman–Crippen MR) is 91.8 cm³/mol. The van der Waals surface area contributed by atoms with Crippen LogP contribution >= 0.6 is 0 Å². The molecule has 0 aromatic heterocycles. The minimum atomic E-state index is -0.754. The van der Waals surface area contributed by atoms with Gasteiger partial charge in [0.25, 0.3) is 0 Å². The average Bonchev–Trinajstić information content (AvgIpc) is 3.03. The van der Waals surface area contributed by atoms with Crippen LogP contribution in [0.5, 0.6) is 0 Å². The number of benzene rings is 1. The van der Waals surface area contributed by atoms with Crippen molar-refractivity contribution in [2.75, 3.05) is 38.7 Å². The first-order chi connectivity index (χ1) is 12.1. The SMILES string of the molecule is COCCN1CCCC2(CCCN2C(=O)Nc2ccc(F)cc2)C1=O. The van der Waals surface area contributed by atoms with Crippen LogP contribution in [0.25, 0.3) is 0 Å². The Balaban J connectivity index is 1.75. The molecule has 2 saturated heterocycles. The second kappa shape index (κ2) is 7.39. The Labute approximate surface area is 146 Å². The molecule has 2 heterocycles. The van der Waals surface area contributed by atoms with Crippen LogP contribution in [0.4, 0.5) is 14.9 Å². The molecule has 2 fully saturated rings. The third-order valence-electron chi connectivity index (χ3n) is 5.10. The minimum absolute atomic E-state index is 0.0163. The van der Waals surface area contributed by atoms with Gasteiger partial charge in [0.15, 0.2) is 0 Å². The van der Waals surface area contributed by atoms with Gasteiger partial charge in [-0.3, -0.25) is 4.79 Å². The number of piperidine rings is 1. The third kappa shape index (κ3) is 3.46. The second-order valence-corrected chi connectivity index (χ2v) is 6.61. The number of nitrogens with zero attached hydrogens (tertiary/aromatic N) is 2. The molecular weight excluding hydrogens is 325 g/mol. The normalized spacial score (nSPS) is 23.4. The van der Waals surface area contributed by atoms with E-state index < -0.39 is 5.54 Å². The van der Waals surface area contributed by atoms with Gasteiger partial charge in [0.1, 0.15) is 11.4 Å². The first-order valence-corrected chi connectivity index (χ1v) is 8.69. The van der Waals surface area contributed by atoms with E-state index in [2.05, 4.69) is 5.32 Å². The quantitative estimate of drug-likeness (QED) is 0.908. The number of hydrogen-bond acceptors (Lipinski definition) is 3. The molecule has 6 nitrogen and oxygen atoms in total. The van der Waals surface area contributed by atoms with Crippen LogP contribution in [0.15, 0.2) is 24.3 Å². The van der Waals surface area contributed by atoms with Crippen LogP contribution in [0.2, 0.25) is 0 Å². The molecule has 0 bridgehead atoms. The minimum Gasteiger partial charge on any atom is -0.383 e. The number of rotatable bonds is 4. The number of amides is 3. The van der Waals surface area contributed by atoms with Gasteiger partial charge in [-0.1, -0.05) is 0 Å². The van der Waals surface area contributed by atoms with Crippen LogP contribution < -0.4 is 5.32 Å². The van der Waals surface area contributed by atoms with E-state index in [4.69, 9.17) is 4.74 Å². The number of carbonyl (C=O) groups excluding carboxylic acids is 2. The summed E-state index contributed by atoms with van der Waals surface area (Å²) < 4.78 is 18.1. The average molecular weight is 349 g/mol. The van der Waals surface area contributed by atoms with Crippen molar-refractivity contribution in [3.8, 4) is 0 Å². The number of halogens is 1. The number of hydrogen-bond donors (Lipinski definition) is 1. The molecular formula is C18H24FN3O3. The number of carbonyl (C=O) groups is 2. The van der Waals surface area contributed by atoms with Crippen molar-refractivity contribution in [3.05, 3.63) is 30.1 Å². The van der Waals surface area contributed by atoms with E-state index in [9.17, 15) is 14.0 Å². The van der Waals surface area contributed by atoms with Gasteiger partial charge in [-0.15, -0.1) is 0 Å². The number of ether oxygens (including phenoxy) is 1. The number of anilines is 1. The maximum Gasteiger partial charge on any atom is 0.322 e. The summed E-state index contributed by atoms with van der Waals surface area (Å²) in [5.41, 5.74) is -0.233. The van der Waals surface area contributed by atoms with Crippen molar-refractivity contribution in [1.29, 1.82) is 0 Å². The van der Waals surface area contributed by atoms with E-state index in [1.807, 2.05) is 0 Å². The van der Waals surface area contributed by atoms with Gasteiger partial charge >= 0.3 is 6.03 Å². The Morgan fingerprint density at radius 2 is 1.92 bits per heavy atom. The highest BCUT2D eigenvalue weighted by atomic mass is 19.1. The zero-order chi connectivity index (χ0) is 17.9. The van der Waals surface area contributed by atoms with Gasteiger partial charge in [0.2, 0.25) is 5.91 Å². The molecule has 1 spiro atoms. The van der Waals surface area contributed by atoms with Crippen molar-refractivity contribution in [1.82, 2.24) is 9.80 Å². The molecule has 1 N–H and O–H groups in total. The zero-order valence-corrected chi connectivity index (χ0v) is 14.5. The Bertz CT molecular complexity index is 637. The Morgan fingerprint density at radius 3 is 2.60 bits per heavy atom. The molecule has 0 aliphatic carbocycles. The van der Waals surface area contributed by atoms with Crippen molar-refractivity contribution >= 4 is 17.6 Å². The van der Waals surface area contributed by atoms with Crippen molar-refractivity contribution in [2.45, 2.75) is 31.2 Å². The Kier molecular flexibility index (Phi) is 5.22. The van der Waals surface area contributed by atoms with Crippen molar-refractivity contribution < 1.29 is 18.7 Å². The fourth-order valence-electron chi connectivity index (χ4n) is 3.86. The van der Waals surface area contributed by atoms with Crippen LogP contribution in [0.3, 0.4) is 0 Å². The first-order valence-electron chi connectivity index (χ1n) is 8.69. The maximum absolute atomic E-state index is 13.1. The van der Waals surface area contributed by atoms with Crippen molar-refractivity contribution in [3.63, 3.8) is 0 Å². The van der Waals surface area contributed by atoms with Gasteiger partial charge in [-0.25, -0.2) is 9.18 Å². The molecule has 136 valence electrons. The fourth-order valence-corrected chi connectivity index (χ4v) is 3.86. The molecule has 0 saturated carbocycles. The first kappa shape index (κ1) is 17.7. The van der Waals surface area contributed by atoms with Crippen LogP contribution in [0.1, 0.15) is 25.7 Å². The standard InChI is InChI=1S/C18H24FN3O3/c1-25-13-12-21-10-2-8-18(16(21)23)9-3-11-22(18)17(24)20-15-6-4-14(19)5-7-15/h4-7H,2-3,8-13H2,1H3,(H,20,24). The van der Waals surface area contributed by atoms with Crippen LogP contribution in [0, 0.1) is 5.82 Å². The number of methoxy groups -OCH3 is 1. The van der Waals surface area contributed by atoms with E-state index in [0.717, 1.165) is 12.8 Å². The van der Waals surface area contributed by atoms with E-state index >= 15 is 0 Å². The van der Waals surface area contributed by atoms with Gasteiger partial charge in [-0.05, 0) is 49.9 Å². The van der Waals surface area contributed by atoms with Gasteiger partial charge in [0, 0.05) is 32.4 Å². The zero-order valence-electron chi connectivity index (χ0n) is 14.5. The Hall–Kier alpha value is -2.15. The van der Waals surface area contributed by atoms with E-state index in [-0.39, 0.29) is 17.8 Å². The molecule has 1 atom stereocenters. The van der Waals surface area contributed by atoms with Gasteiger partial charge in [0.05, 0.1) is 6.61 Å². The molecule has 1 aromatic carbocycles. The maximum atomic E-state index is 13.1. The summed E-state index contributed by atoms with van der Waals surface area (Å²) in [4.78, 5) is 29.3. The third-order valence-corrected chi connectivity index (χ3v) is 5.10. The molecule has 1 unspecified atom stereocenters. The smallest absolute Gasteiger partial charge is 0.322 e. The highest BCUT2D eigenvalue weighted by molar-refractivity contribution is 5.97. The molecule has 7 heteroatoms. The topological polar surface area (TPSA) is 61.9 Å². The number of urea groups is 1. The summed E-state index contributed by atoms with van der Waals surface area (Å²) in [7, 11) is 1.61. The molecule has 3 amide bonds. The summed E-state index contributed by atoms with van der Waals surface area (Å²) >= 11 is 0. The molecule has 0 radical (unpaired) electrons. The van der Waals surface area contributed by atoms with Gasteiger partial charge < -0.3 is 19.9 Å². The lowest BCUT2D eigenvalue weighted by atomic mass is 9.85. The molecule has 1 aromatic rings. The summed E-state index contributed by atoms with van der Waals surface area (Å²) in [6, 6.07) is 5.33. The fraction of sp³-hybridized carbons (Fsp3) is 0.556. The molecule has 25 heavy (non-hydrogen) atoms. The summed E-state index contributed by atoms with van der Waals surface area (Å²) in [5, 5.41) is 2.79. The molecule has 2 aliphatic heterocycles. The predicted octanol–water partition coefficient (Wildman–Crippen LogP) is 2.46. The molecule has 2 aliphatic rings. The Morgan fingerprint density at radius 1 is 1.24 bits per heavy atom. The highest BCUT2D eigenvalue weighted by Crippen LogP contribution is 2.38.